The van der Waals surface area contributed by atoms with Crippen LogP contribution in [0.5, 0.6) is 0 Å². The Labute approximate surface area is 93.9 Å². The van der Waals surface area contributed by atoms with Crippen molar-refractivity contribution in [1.29, 1.82) is 0 Å². The smallest absolute Gasteiger partial charge is 0.244 e. The Hall–Kier alpha value is -1.39. The third-order valence-corrected chi connectivity index (χ3v) is 3.83. The summed E-state index contributed by atoms with van der Waals surface area (Å²) in [5.74, 6) is 0.317. The molecule has 0 aromatic heterocycles. The van der Waals surface area contributed by atoms with Gasteiger partial charge in [-0.1, -0.05) is 12.8 Å². The first kappa shape index (κ1) is 9.81. The summed E-state index contributed by atoms with van der Waals surface area (Å²) in [4.78, 5) is 30.3. The summed E-state index contributed by atoms with van der Waals surface area (Å²) in [6, 6.07) is 0. The highest BCUT2D eigenvalue weighted by molar-refractivity contribution is 6.20. The van der Waals surface area contributed by atoms with Gasteiger partial charge in [0, 0.05) is 13.1 Å². The van der Waals surface area contributed by atoms with E-state index in [0.29, 0.717) is 31.9 Å². The molecule has 0 atom stereocenters. The fourth-order valence-corrected chi connectivity index (χ4v) is 2.91. The standard InChI is InChI=1S/C11H15N3O2/c15-8-11(4-1-2-5-11)9(16)14-7-3-6-12-10(14)13-8/h1-7H2,(H,12,13,15). The third-order valence-electron chi connectivity index (χ3n) is 3.83. The number of aliphatic imine (C=N–C) groups is 1. The van der Waals surface area contributed by atoms with E-state index >= 15 is 0 Å². The number of nitrogens with zero attached hydrogens (tertiary/aromatic N) is 2. The number of amides is 2. The van der Waals surface area contributed by atoms with Crippen LogP contribution in [0.3, 0.4) is 0 Å². The molecule has 1 aliphatic carbocycles. The highest BCUT2D eigenvalue weighted by atomic mass is 16.2. The summed E-state index contributed by atoms with van der Waals surface area (Å²) < 4.78 is 0. The Morgan fingerprint density at radius 2 is 1.94 bits per heavy atom. The Balaban J connectivity index is 1.99. The molecule has 3 aliphatic rings. The minimum Gasteiger partial charge on any atom is -0.295 e. The van der Waals surface area contributed by atoms with Crippen LogP contribution < -0.4 is 5.32 Å². The Kier molecular flexibility index (Phi) is 2.02. The predicted molar refractivity (Wildman–Crippen MR) is 57.7 cm³/mol. The molecular weight excluding hydrogens is 206 g/mol. The van der Waals surface area contributed by atoms with Crippen LogP contribution in [0.2, 0.25) is 0 Å². The molecule has 1 N–H and O–H groups in total. The second-order valence-electron chi connectivity index (χ2n) is 4.76. The Morgan fingerprint density at radius 3 is 2.69 bits per heavy atom. The molecule has 1 saturated carbocycles. The molecule has 0 aromatic carbocycles. The van der Waals surface area contributed by atoms with Crippen molar-refractivity contribution in [2.24, 2.45) is 10.4 Å². The predicted octanol–water partition coefficient (Wildman–Crippen LogP) is 0.265. The summed E-state index contributed by atoms with van der Waals surface area (Å²) in [5.41, 5.74) is -0.767. The molecule has 2 amide bonds. The van der Waals surface area contributed by atoms with Crippen molar-refractivity contribution in [2.45, 2.75) is 32.1 Å². The first-order valence-electron chi connectivity index (χ1n) is 5.92. The first-order valence-corrected chi connectivity index (χ1v) is 5.92. The van der Waals surface area contributed by atoms with Crippen molar-refractivity contribution in [1.82, 2.24) is 10.2 Å². The lowest BCUT2D eigenvalue weighted by Crippen LogP contribution is -2.64. The van der Waals surface area contributed by atoms with Gasteiger partial charge in [0.2, 0.25) is 17.8 Å². The molecule has 2 fully saturated rings. The maximum Gasteiger partial charge on any atom is 0.244 e. The van der Waals surface area contributed by atoms with Crippen LogP contribution in [-0.2, 0) is 9.59 Å². The van der Waals surface area contributed by atoms with Gasteiger partial charge in [-0.3, -0.25) is 24.8 Å². The minimum atomic E-state index is -0.767. The lowest BCUT2D eigenvalue weighted by atomic mass is 9.82. The lowest BCUT2D eigenvalue weighted by molar-refractivity contribution is -0.150. The summed E-state index contributed by atoms with van der Waals surface area (Å²) in [7, 11) is 0. The molecule has 1 saturated heterocycles. The molecule has 5 nitrogen and oxygen atoms in total. The van der Waals surface area contributed by atoms with Gasteiger partial charge in [0.15, 0.2) is 0 Å². The summed E-state index contributed by atoms with van der Waals surface area (Å²) >= 11 is 0. The van der Waals surface area contributed by atoms with E-state index < -0.39 is 5.41 Å². The maximum atomic E-state index is 12.4. The Bertz CT molecular complexity index is 383. The van der Waals surface area contributed by atoms with Crippen LogP contribution >= 0.6 is 0 Å². The number of rotatable bonds is 0. The maximum absolute atomic E-state index is 12.4. The van der Waals surface area contributed by atoms with E-state index in [0.717, 1.165) is 19.3 Å². The average molecular weight is 221 g/mol. The molecule has 0 unspecified atom stereocenters. The van der Waals surface area contributed by atoms with Gasteiger partial charge >= 0.3 is 0 Å². The zero-order chi connectivity index (χ0) is 11.2. The zero-order valence-corrected chi connectivity index (χ0v) is 9.16. The van der Waals surface area contributed by atoms with Crippen molar-refractivity contribution < 1.29 is 9.59 Å². The minimum absolute atomic E-state index is 0.0211. The van der Waals surface area contributed by atoms with Gasteiger partial charge in [0.1, 0.15) is 5.41 Å². The second kappa shape index (κ2) is 3.30. The first-order chi connectivity index (χ1) is 7.74. The molecule has 3 rings (SSSR count). The lowest BCUT2D eigenvalue weighted by Gasteiger charge is -2.40. The molecule has 0 bridgehead atoms. The number of carbonyl (C=O) groups excluding carboxylic acids is 2. The summed E-state index contributed by atoms with van der Waals surface area (Å²) in [5, 5.41) is 2.80. The van der Waals surface area contributed by atoms with E-state index in [1.54, 1.807) is 4.90 Å². The van der Waals surface area contributed by atoms with Gasteiger partial charge in [-0.15, -0.1) is 0 Å². The van der Waals surface area contributed by atoms with Crippen molar-refractivity contribution in [3.63, 3.8) is 0 Å². The fraction of sp³-hybridized carbons (Fsp3) is 0.727. The van der Waals surface area contributed by atoms with Crippen LogP contribution in [0.1, 0.15) is 32.1 Å². The van der Waals surface area contributed by atoms with Crippen LogP contribution in [0.25, 0.3) is 0 Å². The van der Waals surface area contributed by atoms with E-state index in [-0.39, 0.29) is 11.8 Å². The van der Waals surface area contributed by atoms with Crippen molar-refractivity contribution in [3.05, 3.63) is 0 Å². The SMILES string of the molecule is O=C1NC2=NCCCN2C(=O)C12CCCC2. The van der Waals surface area contributed by atoms with Gasteiger partial charge in [-0.25, -0.2) is 0 Å². The van der Waals surface area contributed by atoms with E-state index in [1.165, 1.54) is 0 Å². The normalized spacial score (nSPS) is 27.8. The van der Waals surface area contributed by atoms with Gasteiger partial charge in [0.25, 0.3) is 0 Å². The van der Waals surface area contributed by atoms with Crippen molar-refractivity contribution in [2.75, 3.05) is 13.1 Å². The molecule has 5 heteroatoms. The number of carbonyl (C=O) groups is 2. The highest BCUT2D eigenvalue weighted by Crippen LogP contribution is 2.41. The monoisotopic (exact) mass is 221 g/mol. The molecule has 2 heterocycles. The molecular formula is C11H15N3O2. The average Bonchev–Trinajstić information content (AvgIpc) is 2.77. The van der Waals surface area contributed by atoms with E-state index in [2.05, 4.69) is 10.3 Å². The van der Waals surface area contributed by atoms with Gasteiger partial charge in [-0.05, 0) is 19.3 Å². The number of fused-ring (bicyclic) bond motifs is 1. The molecule has 0 radical (unpaired) electrons. The summed E-state index contributed by atoms with van der Waals surface area (Å²) in [6.07, 6.45) is 4.23. The molecule has 16 heavy (non-hydrogen) atoms. The largest absolute Gasteiger partial charge is 0.295 e. The van der Waals surface area contributed by atoms with Gasteiger partial charge < -0.3 is 0 Å². The third kappa shape index (κ3) is 1.14. The molecule has 2 aliphatic heterocycles. The molecule has 86 valence electrons. The molecule has 1 spiro atoms. The van der Waals surface area contributed by atoms with Crippen LogP contribution in [-0.4, -0.2) is 35.8 Å². The van der Waals surface area contributed by atoms with Crippen LogP contribution in [0, 0.1) is 5.41 Å². The quantitative estimate of drug-likeness (QED) is 0.597. The Morgan fingerprint density at radius 1 is 1.19 bits per heavy atom. The van der Waals surface area contributed by atoms with E-state index in [9.17, 15) is 9.59 Å². The molecule has 0 aromatic rings. The van der Waals surface area contributed by atoms with Crippen molar-refractivity contribution >= 4 is 17.8 Å². The van der Waals surface area contributed by atoms with Gasteiger partial charge in [0.05, 0.1) is 0 Å². The number of hydrogen-bond donors (Lipinski definition) is 1. The zero-order valence-electron chi connectivity index (χ0n) is 9.16. The number of guanidine groups is 1. The van der Waals surface area contributed by atoms with Crippen molar-refractivity contribution in [3.8, 4) is 0 Å². The van der Waals surface area contributed by atoms with Crippen LogP contribution in [0.4, 0.5) is 0 Å². The van der Waals surface area contributed by atoms with Crippen LogP contribution in [0.15, 0.2) is 4.99 Å². The number of nitrogens with one attached hydrogen (secondary N) is 1. The van der Waals surface area contributed by atoms with E-state index in [4.69, 9.17) is 0 Å². The second-order valence-corrected chi connectivity index (χ2v) is 4.76. The van der Waals surface area contributed by atoms with Gasteiger partial charge in [-0.2, -0.15) is 0 Å². The number of hydrogen-bond acceptors (Lipinski definition) is 3. The fourth-order valence-electron chi connectivity index (χ4n) is 2.91. The summed E-state index contributed by atoms with van der Waals surface area (Å²) in [6.45, 7) is 1.39. The van der Waals surface area contributed by atoms with E-state index in [1.807, 2.05) is 0 Å². The topological polar surface area (TPSA) is 61.8 Å². The highest BCUT2D eigenvalue weighted by Gasteiger charge is 2.54.